The van der Waals surface area contributed by atoms with Gasteiger partial charge in [0.2, 0.25) is 0 Å². The van der Waals surface area contributed by atoms with E-state index in [9.17, 15) is 43.2 Å². The summed E-state index contributed by atoms with van der Waals surface area (Å²) < 4.78 is 68.6. The lowest BCUT2D eigenvalue weighted by Gasteiger charge is -2.21. The number of phosphoric acid groups is 2. The van der Waals surface area contributed by atoms with Crippen molar-refractivity contribution in [3.05, 3.63) is 0 Å². The minimum Gasteiger partial charge on any atom is -0.462 e. The predicted molar refractivity (Wildman–Crippen MR) is 391 cm³/mol. The Morgan fingerprint density at radius 2 is 0.500 bits per heavy atom. The topological polar surface area (TPSA) is 237 Å². The molecule has 96 heavy (non-hydrogen) atoms. The Morgan fingerprint density at radius 1 is 0.292 bits per heavy atom. The third-order valence-electron chi connectivity index (χ3n) is 18.5. The first-order valence-electron chi connectivity index (χ1n) is 39.8. The summed E-state index contributed by atoms with van der Waals surface area (Å²) in [6.45, 7) is 14.2. The molecule has 570 valence electrons. The molecular weight excluding hydrogens is 1260 g/mol. The minimum absolute atomic E-state index is 0.105. The quantitative estimate of drug-likeness (QED) is 0.0222. The van der Waals surface area contributed by atoms with Crippen molar-refractivity contribution in [2.45, 2.75) is 408 Å². The van der Waals surface area contributed by atoms with Crippen LogP contribution in [0.2, 0.25) is 0 Å². The molecule has 0 aromatic rings. The SMILES string of the molecule is CCC(C)CCCCCCCCCCCCC(=O)O[C@H](COC(=O)CCCCCCCCCCCCCCCCCCC(C)C)COP(=O)(O)OC[C@@H](O)COP(=O)(O)OC[C@@H](COC(=O)CCCCCCCCC(C)CC)OC(=O)CCCCCCCCCCCCC(C)C. The van der Waals surface area contributed by atoms with Gasteiger partial charge in [-0.15, -0.1) is 0 Å². The zero-order valence-electron chi connectivity index (χ0n) is 63.0. The van der Waals surface area contributed by atoms with Gasteiger partial charge in [0.1, 0.15) is 19.3 Å². The van der Waals surface area contributed by atoms with Crippen LogP contribution in [-0.2, 0) is 65.4 Å². The normalized spacial score (nSPS) is 14.7. The fraction of sp³-hybridized carbons (Fsp3) is 0.948. The van der Waals surface area contributed by atoms with E-state index in [1.54, 1.807) is 0 Å². The number of carbonyl (C=O) groups is 4. The van der Waals surface area contributed by atoms with E-state index in [0.29, 0.717) is 25.7 Å². The van der Waals surface area contributed by atoms with Gasteiger partial charge in [-0.05, 0) is 49.4 Å². The minimum atomic E-state index is -4.96. The fourth-order valence-electron chi connectivity index (χ4n) is 11.7. The second-order valence-corrected chi connectivity index (χ2v) is 32.1. The van der Waals surface area contributed by atoms with Crippen LogP contribution in [0.4, 0.5) is 0 Å². The molecule has 17 nitrogen and oxygen atoms in total. The van der Waals surface area contributed by atoms with Crippen molar-refractivity contribution < 1.29 is 80.2 Å². The third-order valence-corrected chi connectivity index (χ3v) is 20.4. The smallest absolute Gasteiger partial charge is 0.462 e. The van der Waals surface area contributed by atoms with Crippen LogP contribution in [0, 0.1) is 23.7 Å². The molecule has 0 heterocycles. The molecule has 0 fully saturated rings. The second kappa shape index (κ2) is 66.3. The van der Waals surface area contributed by atoms with Crippen LogP contribution >= 0.6 is 15.6 Å². The molecule has 3 N–H and O–H groups in total. The van der Waals surface area contributed by atoms with Crippen LogP contribution < -0.4 is 0 Å². The van der Waals surface area contributed by atoms with Crippen molar-refractivity contribution in [1.29, 1.82) is 0 Å². The zero-order valence-corrected chi connectivity index (χ0v) is 64.8. The molecule has 0 saturated heterocycles. The maximum Gasteiger partial charge on any atom is 0.472 e. The van der Waals surface area contributed by atoms with Crippen LogP contribution in [0.3, 0.4) is 0 Å². The lowest BCUT2D eigenvalue weighted by Crippen LogP contribution is -2.30. The molecule has 4 unspecified atom stereocenters. The van der Waals surface area contributed by atoms with Gasteiger partial charge in [0, 0.05) is 25.7 Å². The van der Waals surface area contributed by atoms with Gasteiger partial charge in [-0.3, -0.25) is 37.3 Å². The van der Waals surface area contributed by atoms with Crippen LogP contribution in [0.1, 0.15) is 389 Å². The van der Waals surface area contributed by atoms with Gasteiger partial charge in [0.05, 0.1) is 26.4 Å². The van der Waals surface area contributed by atoms with E-state index in [1.165, 1.54) is 186 Å². The highest BCUT2D eigenvalue weighted by molar-refractivity contribution is 7.47. The van der Waals surface area contributed by atoms with Gasteiger partial charge in [-0.1, -0.05) is 338 Å². The Bertz CT molecular complexity index is 1890. The first-order chi connectivity index (χ1) is 46.2. The number of unbranched alkanes of at least 4 members (excludes halogenated alkanes) is 38. The Morgan fingerprint density at radius 3 is 0.740 bits per heavy atom. The van der Waals surface area contributed by atoms with E-state index in [2.05, 4.69) is 55.4 Å². The Balaban J connectivity index is 5.23. The van der Waals surface area contributed by atoms with Crippen molar-refractivity contribution in [2.24, 2.45) is 23.7 Å². The standard InChI is InChI=1S/C77H150O17P2/c1-9-69(7)55-47-39-31-25-20-22-28-34-44-52-60-77(82)93-72(63-87-74(79)57-49-41-32-26-18-16-14-12-11-13-15-17-23-29-37-45-53-67(3)4)65-91-95(83,84)89-61-71(78)62-90-96(85,86)92-66-73(64-88-75(80)58-50-42-36-35-40-48-56-70(8)10-2)94-76(81)59-51-43-33-27-21-19-24-30-38-46-54-68(5)6/h67-73,78H,9-66H2,1-8H3,(H,83,84)(H,85,86)/t69?,70?,71-,72-,73-/m1/s1. The van der Waals surface area contributed by atoms with Crippen molar-refractivity contribution in [2.75, 3.05) is 39.6 Å². The van der Waals surface area contributed by atoms with E-state index in [4.69, 9.17) is 37.0 Å². The van der Waals surface area contributed by atoms with Gasteiger partial charge in [-0.25, -0.2) is 9.13 Å². The molecule has 0 aliphatic heterocycles. The van der Waals surface area contributed by atoms with Crippen LogP contribution in [0.5, 0.6) is 0 Å². The van der Waals surface area contributed by atoms with E-state index in [1.807, 2.05) is 0 Å². The molecule has 0 saturated carbocycles. The molecule has 0 radical (unpaired) electrons. The number of hydrogen-bond acceptors (Lipinski definition) is 15. The highest BCUT2D eigenvalue weighted by atomic mass is 31.2. The molecule has 0 aliphatic carbocycles. The number of rotatable bonds is 74. The molecule has 0 amide bonds. The number of hydrogen-bond donors (Lipinski definition) is 3. The number of aliphatic hydroxyl groups is 1. The third kappa shape index (κ3) is 67.9. The molecule has 7 atom stereocenters. The number of esters is 4. The summed E-state index contributed by atoms with van der Waals surface area (Å²) in [6.07, 6.45) is 51.3. The molecule has 19 heteroatoms. The number of aliphatic hydroxyl groups excluding tert-OH is 1. The van der Waals surface area contributed by atoms with Gasteiger partial charge in [0.15, 0.2) is 12.2 Å². The average molecular weight is 1410 g/mol. The van der Waals surface area contributed by atoms with Crippen LogP contribution in [-0.4, -0.2) is 96.7 Å². The number of ether oxygens (including phenoxy) is 4. The first kappa shape index (κ1) is 94.1. The first-order valence-corrected chi connectivity index (χ1v) is 42.8. The molecule has 0 bridgehead atoms. The van der Waals surface area contributed by atoms with E-state index in [0.717, 1.165) is 120 Å². The van der Waals surface area contributed by atoms with Crippen molar-refractivity contribution in [1.82, 2.24) is 0 Å². The zero-order chi connectivity index (χ0) is 71.0. The summed E-state index contributed by atoms with van der Waals surface area (Å²) in [5.41, 5.74) is 0. The highest BCUT2D eigenvalue weighted by Crippen LogP contribution is 2.45. The largest absolute Gasteiger partial charge is 0.472 e. The van der Waals surface area contributed by atoms with E-state index in [-0.39, 0.29) is 25.7 Å². The molecule has 0 aliphatic rings. The molecule has 0 aromatic carbocycles. The van der Waals surface area contributed by atoms with Gasteiger partial charge < -0.3 is 33.8 Å². The average Bonchev–Trinajstić information content (AvgIpc) is 1.35. The highest BCUT2D eigenvalue weighted by Gasteiger charge is 2.30. The Labute approximate surface area is 588 Å². The van der Waals surface area contributed by atoms with Crippen molar-refractivity contribution in [3.63, 3.8) is 0 Å². The summed E-state index contributed by atoms with van der Waals surface area (Å²) in [5, 5.41) is 10.6. The second-order valence-electron chi connectivity index (χ2n) is 29.2. The lowest BCUT2D eigenvalue weighted by atomic mass is 9.99. The molecular formula is C77H150O17P2. The maximum absolute atomic E-state index is 13.1. The summed E-state index contributed by atoms with van der Waals surface area (Å²) >= 11 is 0. The summed E-state index contributed by atoms with van der Waals surface area (Å²) in [7, 11) is -9.92. The van der Waals surface area contributed by atoms with Crippen LogP contribution in [0.25, 0.3) is 0 Å². The molecule has 0 aromatic heterocycles. The van der Waals surface area contributed by atoms with E-state index < -0.39 is 97.5 Å². The van der Waals surface area contributed by atoms with Crippen molar-refractivity contribution >= 4 is 39.5 Å². The fourth-order valence-corrected chi connectivity index (χ4v) is 13.2. The summed E-state index contributed by atoms with van der Waals surface area (Å²) in [6, 6.07) is 0. The van der Waals surface area contributed by atoms with Crippen molar-refractivity contribution in [3.8, 4) is 0 Å². The lowest BCUT2D eigenvalue weighted by molar-refractivity contribution is -0.161. The van der Waals surface area contributed by atoms with Gasteiger partial charge in [0.25, 0.3) is 0 Å². The summed E-state index contributed by atoms with van der Waals surface area (Å²) in [4.78, 5) is 72.8. The maximum atomic E-state index is 13.1. The molecule has 0 rings (SSSR count). The van der Waals surface area contributed by atoms with E-state index >= 15 is 0 Å². The Hall–Kier alpha value is -1.94. The Kier molecular flexibility index (Phi) is 65.0. The number of phosphoric ester groups is 2. The number of carbonyl (C=O) groups excluding carboxylic acids is 4. The summed E-state index contributed by atoms with van der Waals surface area (Å²) in [5.74, 6) is 0.978. The van der Waals surface area contributed by atoms with Gasteiger partial charge >= 0.3 is 39.5 Å². The van der Waals surface area contributed by atoms with Crippen LogP contribution in [0.15, 0.2) is 0 Å². The monoisotopic (exact) mass is 1410 g/mol. The predicted octanol–water partition coefficient (Wildman–Crippen LogP) is 22.4. The molecule has 0 spiro atoms. The van der Waals surface area contributed by atoms with Gasteiger partial charge in [-0.2, -0.15) is 0 Å².